The number of ether oxygens (including phenoxy) is 1. The van der Waals surface area contributed by atoms with Crippen LogP contribution in [0.3, 0.4) is 0 Å². The van der Waals surface area contributed by atoms with Crippen LogP contribution < -0.4 is 15.5 Å². The Morgan fingerprint density at radius 3 is 2.73 bits per heavy atom. The molecule has 1 aliphatic rings. The van der Waals surface area contributed by atoms with E-state index in [2.05, 4.69) is 25.6 Å². The summed E-state index contributed by atoms with van der Waals surface area (Å²) < 4.78 is 18.4. The van der Waals surface area contributed by atoms with E-state index in [0.29, 0.717) is 37.6 Å². The summed E-state index contributed by atoms with van der Waals surface area (Å²) in [4.78, 5) is 27.2. The van der Waals surface area contributed by atoms with E-state index in [1.807, 2.05) is 18.7 Å². The van der Waals surface area contributed by atoms with Crippen molar-refractivity contribution in [2.75, 3.05) is 35.7 Å². The van der Waals surface area contributed by atoms with Crippen LogP contribution in [0.1, 0.15) is 26.7 Å². The number of carbonyl (C=O) groups excluding carboxylic acids is 1. The number of rotatable bonds is 8. The summed E-state index contributed by atoms with van der Waals surface area (Å²) >= 11 is 0. The van der Waals surface area contributed by atoms with Crippen LogP contribution in [0.2, 0.25) is 0 Å². The molecule has 3 N–H and O–H groups in total. The molecule has 1 aromatic heterocycles. The average molecular weight is 418 g/mol. The molecule has 30 heavy (non-hydrogen) atoms. The fourth-order valence-electron chi connectivity index (χ4n) is 3.23. The number of hydrogen-bond acceptors (Lipinski definition) is 9. The fraction of sp³-hybridized carbons (Fsp3) is 0.500. The molecule has 0 spiro atoms. The predicted octanol–water partition coefficient (Wildman–Crippen LogP) is 2.32. The zero-order valence-corrected chi connectivity index (χ0v) is 17.3. The van der Waals surface area contributed by atoms with Crippen LogP contribution in [0.25, 0.3) is 0 Å². The number of aliphatic hydroxyl groups excluding tert-OH is 1. The number of β-amino-alcohol motifs (C(OH)–C–C–N with tert-alkyl or cyclic N) is 1. The van der Waals surface area contributed by atoms with Gasteiger partial charge in [0.2, 0.25) is 17.8 Å². The summed E-state index contributed by atoms with van der Waals surface area (Å²) in [5, 5.41) is 15.9. The molecule has 0 amide bonds. The molecule has 2 atom stereocenters. The second-order valence-electron chi connectivity index (χ2n) is 7.66. The van der Waals surface area contributed by atoms with E-state index in [9.17, 15) is 14.3 Å². The lowest BCUT2D eigenvalue weighted by Crippen LogP contribution is -2.33. The number of hydrogen-bond donors (Lipinski definition) is 3. The number of carbonyl (C=O) groups is 1. The van der Waals surface area contributed by atoms with Gasteiger partial charge in [-0.1, -0.05) is 19.9 Å². The predicted molar refractivity (Wildman–Crippen MR) is 111 cm³/mol. The van der Waals surface area contributed by atoms with Crippen molar-refractivity contribution in [1.82, 2.24) is 15.0 Å². The zero-order valence-electron chi connectivity index (χ0n) is 17.3. The Balaban J connectivity index is 1.91. The molecule has 1 aliphatic heterocycles. The Morgan fingerprint density at radius 1 is 1.33 bits per heavy atom. The number of benzene rings is 1. The van der Waals surface area contributed by atoms with Crippen LogP contribution in [-0.2, 0) is 9.53 Å². The number of aromatic nitrogens is 3. The standard InChI is InChI=1S/C20H27FN6O3/c1-12(2)9-16(17(29)30-3)23-19-24-18(22-14-6-4-5-13(21)10-14)25-20(26-19)27-8-7-15(28)11-27/h4-6,10,12,15-16,28H,7-9,11H2,1-3H3,(H2,22,23,24,25,26)/t15?,16-/m0/s1. The largest absolute Gasteiger partial charge is 0.467 e. The summed E-state index contributed by atoms with van der Waals surface area (Å²) in [6, 6.07) is 5.30. The molecule has 3 rings (SSSR count). The van der Waals surface area contributed by atoms with Gasteiger partial charge in [-0.3, -0.25) is 0 Å². The Hall–Kier alpha value is -3.01. The highest BCUT2D eigenvalue weighted by molar-refractivity contribution is 5.78. The number of aliphatic hydroxyl groups is 1. The first-order valence-electron chi connectivity index (χ1n) is 9.90. The van der Waals surface area contributed by atoms with Crippen LogP contribution >= 0.6 is 0 Å². The van der Waals surface area contributed by atoms with Crippen molar-refractivity contribution in [2.45, 2.75) is 38.8 Å². The first-order chi connectivity index (χ1) is 14.3. The minimum absolute atomic E-state index is 0.191. The Bertz CT molecular complexity index is 881. The summed E-state index contributed by atoms with van der Waals surface area (Å²) in [6.07, 6.45) is 0.684. The Labute approximate surface area is 174 Å². The van der Waals surface area contributed by atoms with Crippen molar-refractivity contribution in [3.05, 3.63) is 30.1 Å². The number of halogens is 1. The van der Waals surface area contributed by atoms with E-state index in [1.165, 1.54) is 19.2 Å². The number of esters is 1. The first-order valence-corrected chi connectivity index (χ1v) is 9.90. The second-order valence-corrected chi connectivity index (χ2v) is 7.66. The monoisotopic (exact) mass is 418 g/mol. The topological polar surface area (TPSA) is 112 Å². The van der Waals surface area contributed by atoms with Gasteiger partial charge in [0.25, 0.3) is 0 Å². The molecule has 1 saturated heterocycles. The molecule has 1 aromatic carbocycles. The molecule has 2 heterocycles. The second kappa shape index (κ2) is 9.66. The molecule has 9 nitrogen and oxygen atoms in total. The van der Waals surface area contributed by atoms with Crippen molar-refractivity contribution < 1.29 is 19.0 Å². The van der Waals surface area contributed by atoms with Gasteiger partial charge < -0.3 is 25.4 Å². The third kappa shape index (κ3) is 5.76. The minimum atomic E-state index is -0.628. The maximum atomic E-state index is 13.5. The lowest BCUT2D eigenvalue weighted by atomic mass is 10.0. The normalized spacial score (nSPS) is 17.1. The molecule has 0 radical (unpaired) electrons. The summed E-state index contributed by atoms with van der Waals surface area (Å²) in [6.45, 7) is 4.99. The number of nitrogens with zero attached hydrogens (tertiary/aromatic N) is 4. The van der Waals surface area contributed by atoms with Gasteiger partial charge in [-0.15, -0.1) is 0 Å². The van der Waals surface area contributed by atoms with Gasteiger partial charge in [0.15, 0.2) is 0 Å². The van der Waals surface area contributed by atoms with Crippen molar-refractivity contribution in [1.29, 1.82) is 0 Å². The van der Waals surface area contributed by atoms with Crippen LogP contribution in [0.15, 0.2) is 24.3 Å². The molecule has 1 fully saturated rings. The molecular formula is C20H27FN6O3. The lowest BCUT2D eigenvalue weighted by molar-refractivity contribution is -0.141. The van der Waals surface area contributed by atoms with Crippen LogP contribution in [-0.4, -0.2) is 58.4 Å². The SMILES string of the molecule is COC(=O)[C@H](CC(C)C)Nc1nc(Nc2cccc(F)c2)nc(N2CCC(O)C2)n1. The van der Waals surface area contributed by atoms with Crippen LogP contribution in [0.5, 0.6) is 0 Å². The molecule has 0 bridgehead atoms. The summed E-state index contributed by atoms with van der Waals surface area (Å²) in [5.74, 6) is 0.177. The molecule has 1 unspecified atom stereocenters. The van der Waals surface area contributed by atoms with Crippen LogP contribution in [0.4, 0.5) is 27.9 Å². The van der Waals surface area contributed by atoms with Gasteiger partial charge >= 0.3 is 5.97 Å². The fourth-order valence-corrected chi connectivity index (χ4v) is 3.23. The minimum Gasteiger partial charge on any atom is -0.467 e. The van der Waals surface area contributed by atoms with Crippen molar-refractivity contribution in [2.24, 2.45) is 5.92 Å². The molecule has 2 aromatic rings. The first kappa shape index (κ1) is 21.7. The highest BCUT2D eigenvalue weighted by Gasteiger charge is 2.26. The maximum absolute atomic E-state index is 13.5. The van der Waals surface area contributed by atoms with E-state index < -0.39 is 23.9 Å². The Kier molecular flexibility index (Phi) is 6.99. The van der Waals surface area contributed by atoms with Gasteiger partial charge in [0.1, 0.15) is 11.9 Å². The molecule has 0 aliphatic carbocycles. The summed E-state index contributed by atoms with van der Waals surface area (Å²) in [7, 11) is 1.33. The highest BCUT2D eigenvalue weighted by Crippen LogP contribution is 2.22. The van der Waals surface area contributed by atoms with Gasteiger partial charge in [0, 0.05) is 18.8 Å². The third-order valence-electron chi connectivity index (χ3n) is 4.65. The molecular weight excluding hydrogens is 391 g/mol. The van der Waals surface area contributed by atoms with Gasteiger partial charge in [-0.2, -0.15) is 15.0 Å². The lowest BCUT2D eigenvalue weighted by Gasteiger charge is -2.21. The number of nitrogens with one attached hydrogen (secondary N) is 2. The maximum Gasteiger partial charge on any atom is 0.328 e. The number of anilines is 4. The quantitative estimate of drug-likeness (QED) is 0.556. The molecule has 162 valence electrons. The van der Waals surface area contributed by atoms with E-state index >= 15 is 0 Å². The van der Waals surface area contributed by atoms with Crippen molar-refractivity contribution >= 4 is 29.5 Å². The molecule has 0 saturated carbocycles. The van der Waals surface area contributed by atoms with E-state index in [4.69, 9.17) is 4.74 Å². The third-order valence-corrected chi connectivity index (χ3v) is 4.65. The van der Waals surface area contributed by atoms with Gasteiger partial charge in [-0.05, 0) is 37.0 Å². The number of methoxy groups -OCH3 is 1. The zero-order chi connectivity index (χ0) is 21.7. The Morgan fingerprint density at radius 2 is 2.10 bits per heavy atom. The summed E-state index contributed by atoms with van der Waals surface area (Å²) in [5.41, 5.74) is 0.478. The van der Waals surface area contributed by atoms with E-state index in [1.54, 1.807) is 12.1 Å². The molecule has 10 heteroatoms. The van der Waals surface area contributed by atoms with Crippen molar-refractivity contribution in [3.8, 4) is 0 Å². The average Bonchev–Trinajstić information content (AvgIpc) is 3.13. The van der Waals surface area contributed by atoms with Gasteiger partial charge in [0.05, 0.1) is 13.2 Å². The van der Waals surface area contributed by atoms with Crippen molar-refractivity contribution in [3.63, 3.8) is 0 Å². The van der Waals surface area contributed by atoms with E-state index in [-0.39, 0.29) is 17.8 Å². The van der Waals surface area contributed by atoms with E-state index in [0.717, 1.165) is 0 Å². The van der Waals surface area contributed by atoms with Gasteiger partial charge in [-0.25, -0.2) is 9.18 Å². The smallest absolute Gasteiger partial charge is 0.328 e. The van der Waals surface area contributed by atoms with Crippen LogP contribution in [0, 0.1) is 11.7 Å². The highest BCUT2D eigenvalue weighted by atomic mass is 19.1.